The minimum absolute atomic E-state index is 0.0400. The van der Waals surface area contributed by atoms with Crippen LogP contribution in [0.5, 0.6) is 11.5 Å². The average molecular weight is 358 g/mol. The number of morpholine rings is 1. The monoisotopic (exact) mass is 357 g/mol. The topological polar surface area (TPSA) is 48.0 Å². The first-order valence-corrected chi connectivity index (χ1v) is 7.61. The number of halogens is 1. The summed E-state index contributed by atoms with van der Waals surface area (Å²) in [7, 11) is 3.13. The molecule has 0 N–H and O–H groups in total. The summed E-state index contributed by atoms with van der Waals surface area (Å²) in [5, 5.41) is 0. The van der Waals surface area contributed by atoms with Crippen LogP contribution in [0, 0.1) is 0 Å². The third kappa shape index (κ3) is 3.32. The molecule has 0 radical (unpaired) electrons. The molecule has 2 atom stereocenters. The average Bonchev–Trinajstić information content (AvgIpc) is 2.49. The Balaban J connectivity index is 2.34. The van der Waals surface area contributed by atoms with Crippen molar-refractivity contribution < 1.29 is 19.0 Å². The minimum Gasteiger partial charge on any atom is -0.495 e. The van der Waals surface area contributed by atoms with Gasteiger partial charge in [0.05, 0.1) is 33.0 Å². The summed E-state index contributed by atoms with van der Waals surface area (Å²) >= 11 is 3.41. The van der Waals surface area contributed by atoms with Gasteiger partial charge in [0.25, 0.3) is 5.91 Å². The number of hydrogen-bond donors (Lipinski definition) is 0. The van der Waals surface area contributed by atoms with Crippen molar-refractivity contribution in [3.63, 3.8) is 0 Å². The van der Waals surface area contributed by atoms with Crippen molar-refractivity contribution in [1.82, 2.24) is 4.90 Å². The Morgan fingerprint density at radius 1 is 1.29 bits per heavy atom. The molecule has 2 rings (SSSR count). The predicted octanol–water partition coefficient (Wildman–Crippen LogP) is 2.72. The molecule has 5 nitrogen and oxygen atoms in total. The predicted molar refractivity (Wildman–Crippen MR) is 83.2 cm³/mol. The van der Waals surface area contributed by atoms with E-state index in [1.807, 2.05) is 18.7 Å². The number of methoxy groups -OCH3 is 2. The van der Waals surface area contributed by atoms with E-state index in [-0.39, 0.29) is 18.1 Å². The summed E-state index contributed by atoms with van der Waals surface area (Å²) in [6, 6.07) is 3.50. The molecule has 0 aliphatic carbocycles. The fraction of sp³-hybridized carbons (Fsp3) is 0.533. The quantitative estimate of drug-likeness (QED) is 0.834. The van der Waals surface area contributed by atoms with Gasteiger partial charge in [0.1, 0.15) is 16.0 Å². The molecular formula is C15H20BrNO4. The van der Waals surface area contributed by atoms with E-state index >= 15 is 0 Å². The van der Waals surface area contributed by atoms with Crippen LogP contribution in [0.25, 0.3) is 0 Å². The minimum atomic E-state index is -0.0400. The number of rotatable bonds is 3. The highest BCUT2D eigenvalue weighted by Crippen LogP contribution is 2.36. The maximum atomic E-state index is 12.7. The lowest BCUT2D eigenvalue weighted by Gasteiger charge is -2.37. The highest BCUT2D eigenvalue weighted by Gasteiger charge is 2.29. The molecule has 0 bridgehead atoms. The second kappa shape index (κ2) is 6.66. The van der Waals surface area contributed by atoms with Crippen LogP contribution in [0.15, 0.2) is 16.6 Å². The molecule has 1 aromatic rings. The van der Waals surface area contributed by atoms with Crippen molar-refractivity contribution in [3.05, 3.63) is 22.2 Å². The van der Waals surface area contributed by atoms with E-state index in [2.05, 4.69) is 15.9 Å². The van der Waals surface area contributed by atoms with Gasteiger partial charge in [0.15, 0.2) is 0 Å². The van der Waals surface area contributed by atoms with Crippen LogP contribution in [-0.4, -0.2) is 50.3 Å². The lowest BCUT2D eigenvalue weighted by Crippen LogP contribution is -2.50. The lowest BCUT2D eigenvalue weighted by molar-refractivity contribution is -0.0387. The highest BCUT2D eigenvalue weighted by atomic mass is 79.9. The van der Waals surface area contributed by atoms with Crippen LogP contribution < -0.4 is 9.47 Å². The molecule has 0 spiro atoms. The zero-order valence-corrected chi connectivity index (χ0v) is 14.3. The molecule has 1 aromatic carbocycles. The number of ether oxygens (including phenoxy) is 3. The van der Waals surface area contributed by atoms with E-state index in [1.165, 1.54) is 0 Å². The van der Waals surface area contributed by atoms with Crippen LogP contribution in [-0.2, 0) is 4.74 Å². The number of carbonyl (C=O) groups is 1. The van der Waals surface area contributed by atoms with E-state index in [0.29, 0.717) is 34.7 Å². The summed E-state index contributed by atoms with van der Waals surface area (Å²) in [4.78, 5) is 14.6. The van der Waals surface area contributed by atoms with Gasteiger partial charge in [-0.05, 0) is 41.9 Å². The van der Waals surface area contributed by atoms with E-state index in [0.717, 1.165) is 0 Å². The Labute approximate surface area is 133 Å². The van der Waals surface area contributed by atoms with Crippen molar-refractivity contribution in [2.24, 2.45) is 0 Å². The number of nitrogens with zero attached hydrogens (tertiary/aromatic N) is 1. The van der Waals surface area contributed by atoms with Gasteiger partial charge in [-0.25, -0.2) is 0 Å². The molecule has 6 heteroatoms. The second-order valence-corrected chi connectivity index (χ2v) is 5.94. The van der Waals surface area contributed by atoms with Crippen LogP contribution in [0.3, 0.4) is 0 Å². The smallest absolute Gasteiger partial charge is 0.254 e. The molecule has 1 heterocycles. The maximum Gasteiger partial charge on any atom is 0.254 e. The number of carbonyl (C=O) groups excluding carboxylic acids is 1. The van der Waals surface area contributed by atoms with Crippen LogP contribution >= 0.6 is 15.9 Å². The summed E-state index contributed by atoms with van der Waals surface area (Å²) in [5.41, 5.74) is 0.549. The Kier molecular flexibility index (Phi) is 5.11. The Morgan fingerprint density at radius 3 is 2.38 bits per heavy atom. The van der Waals surface area contributed by atoms with Crippen LogP contribution in [0.4, 0.5) is 0 Å². The Hall–Kier alpha value is -1.27. The zero-order chi connectivity index (χ0) is 15.6. The van der Waals surface area contributed by atoms with Gasteiger partial charge < -0.3 is 19.1 Å². The normalized spacial score (nSPS) is 22.0. The van der Waals surface area contributed by atoms with Crippen LogP contribution in [0.2, 0.25) is 0 Å². The molecule has 116 valence electrons. The molecule has 1 aliphatic rings. The Morgan fingerprint density at radius 2 is 1.86 bits per heavy atom. The van der Waals surface area contributed by atoms with E-state index < -0.39 is 0 Å². The van der Waals surface area contributed by atoms with Gasteiger partial charge in [-0.3, -0.25) is 4.79 Å². The molecule has 1 saturated heterocycles. The molecule has 2 unspecified atom stereocenters. The van der Waals surface area contributed by atoms with Crippen molar-refractivity contribution in [2.45, 2.75) is 26.0 Å². The molecule has 1 amide bonds. The maximum absolute atomic E-state index is 12.7. The summed E-state index contributed by atoms with van der Waals surface area (Å²) in [5.74, 6) is 1.11. The van der Waals surface area contributed by atoms with E-state index in [9.17, 15) is 4.79 Å². The first-order chi connectivity index (χ1) is 9.97. The second-order valence-electron chi connectivity index (χ2n) is 5.15. The van der Waals surface area contributed by atoms with E-state index in [1.54, 1.807) is 26.4 Å². The fourth-order valence-corrected chi connectivity index (χ4v) is 2.90. The van der Waals surface area contributed by atoms with Gasteiger partial charge in [0, 0.05) is 12.1 Å². The third-order valence-electron chi connectivity index (χ3n) is 3.56. The van der Waals surface area contributed by atoms with E-state index in [4.69, 9.17) is 14.2 Å². The van der Waals surface area contributed by atoms with Gasteiger partial charge in [0.2, 0.25) is 0 Å². The molecule has 1 fully saturated rings. The number of amides is 1. The molecule has 0 aromatic heterocycles. The lowest BCUT2D eigenvalue weighted by atomic mass is 10.1. The zero-order valence-electron chi connectivity index (χ0n) is 12.7. The largest absolute Gasteiger partial charge is 0.495 e. The van der Waals surface area contributed by atoms with Gasteiger partial charge >= 0.3 is 0 Å². The standard InChI is InChI=1S/C15H20BrNO4/c1-9-8-21-10(2)7-17(9)15(18)11-5-12(19-3)14(16)13(6-11)20-4/h5-6,9-10H,7-8H2,1-4H3. The summed E-state index contributed by atoms with van der Waals surface area (Å²) < 4.78 is 16.8. The summed E-state index contributed by atoms with van der Waals surface area (Å²) in [6.07, 6.45) is 0.0457. The molecule has 0 saturated carbocycles. The van der Waals surface area contributed by atoms with Crippen molar-refractivity contribution in [3.8, 4) is 11.5 Å². The molecule has 21 heavy (non-hydrogen) atoms. The third-order valence-corrected chi connectivity index (χ3v) is 4.34. The molecule has 1 aliphatic heterocycles. The van der Waals surface area contributed by atoms with Crippen LogP contribution in [0.1, 0.15) is 24.2 Å². The van der Waals surface area contributed by atoms with Crippen molar-refractivity contribution in [1.29, 1.82) is 0 Å². The first kappa shape index (κ1) is 16.1. The highest BCUT2D eigenvalue weighted by molar-refractivity contribution is 9.10. The number of hydrogen-bond acceptors (Lipinski definition) is 4. The summed E-state index contributed by atoms with van der Waals surface area (Å²) in [6.45, 7) is 5.09. The van der Waals surface area contributed by atoms with Crippen molar-refractivity contribution >= 4 is 21.8 Å². The van der Waals surface area contributed by atoms with Gasteiger partial charge in [-0.15, -0.1) is 0 Å². The SMILES string of the molecule is COc1cc(C(=O)N2CC(C)OCC2C)cc(OC)c1Br. The van der Waals surface area contributed by atoms with Crippen molar-refractivity contribution in [2.75, 3.05) is 27.4 Å². The first-order valence-electron chi connectivity index (χ1n) is 6.82. The Bertz CT molecular complexity index is 509. The van der Waals surface area contributed by atoms with Gasteiger partial charge in [-0.2, -0.15) is 0 Å². The number of benzene rings is 1. The molecular weight excluding hydrogens is 338 g/mol. The van der Waals surface area contributed by atoms with Gasteiger partial charge in [-0.1, -0.05) is 0 Å². The fourth-order valence-electron chi connectivity index (χ4n) is 2.34.